The largest absolute Gasteiger partial charge is 0.478 e. The van der Waals surface area contributed by atoms with E-state index in [1.165, 1.54) is 11.8 Å². The van der Waals surface area contributed by atoms with Gasteiger partial charge in [0.05, 0.1) is 5.56 Å². The second-order valence-electron chi connectivity index (χ2n) is 3.49. The Hall–Kier alpha value is -1.82. The molecular weight excluding hydrogens is 238 g/mol. The molecule has 2 rings (SSSR count). The molecule has 0 spiro atoms. The molecular formula is C11H11N3O2S. The Balaban J connectivity index is 1.97. The van der Waals surface area contributed by atoms with Crippen LogP contribution >= 0.6 is 11.8 Å². The number of nitrogens with one attached hydrogen (secondary N) is 1. The van der Waals surface area contributed by atoms with Crippen LogP contribution in [0.3, 0.4) is 0 Å². The molecule has 2 N–H and O–H groups in total. The maximum Gasteiger partial charge on any atom is 0.335 e. The highest BCUT2D eigenvalue weighted by Gasteiger charge is 2.04. The lowest BCUT2D eigenvalue weighted by molar-refractivity contribution is 0.0697. The first-order valence-corrected chi connectivity index (χ1v) is 5.98. The number of aromatic amines is 1. The van der Waals surface area contributed by atoms with Crippen molar-refractivity contribution in [3.05, 3.63) is 41.2 Å². The minimum Gasteiger partial charge on any atom is -0.478 e. The van der Waals surface area contributed by atoms with Crippen LogP contribution in [0.1, 0.15) is 21.7 Å². The van der Waals surface area contributed by atoms with Gasteiger partial charge < -0.3 is 5.11 Å². The number of carboxylic acids is 1. The number of rotatable bonds is 4. The third-order valence-corrected chi connectivity index (χ3v) is 3.06. The van der Waals surface area contributed by atoms with Crippen LogP contribution in [0.4, 0.5) is 0 Å². The van der Waals surface area contributed by atoms with E-state index in [2.05, 4.69) is 15.2 Å². The van der Waals surface area contributed by atoms with E-state index in [0.717, 1.165) is 17.1 Å². The average molecular weight is 249 g/mol. The van der Waals surface area contributed by atoms with Gasteiger partial charge in [-0.3, -0.25) is 5.10 Å². The lowest BCUT2D eigenvalue weighted by Gasteiger charge is -1.99. The van der Waals surface area contributed by atoms with E-state index in [-0.39, 0.29) is 0 Å². The number of hydrogen-bond donors (Lipinski definition) is 2. The molecule has 0 amide bonds. The molecule has 0 saturated heterocycles. The highest BCUT2D eigenvalue weighted by Crippen LogP contribution is 2.19. The second-order valence-corrected chi connectivity index (χ2v) is 4.44. The Morgan fingerprint density at radius 1 is 1.41 bits per heavy atom. The zero-order chi connectivity index (χ0) is 12.3. The third-order valence-electron chi connectivity index (χ3n) is 2.15. The lowest BCUT2D eigenvalue weighted by atomic mass is 10.1. The zero-order valence-electron chi connectivity index (χ0n) is 9.17. The van der Waals surface area contributed by atoms with Crippen molar-refractivity contribution in [2.75, 3.05) is 0 Å². The molecule has 17 heavy (non-hydrogen) atoms. The number of aromatic nitrogens is 3. The Morgan fingerprint density at radius 3 is 2.65 bits per heavy atom. The van der Waals surface area contributed by atoms with Gasteiger partial charge in [0.15, 0.2) is 0 Å². The molecule has 6 heteroatoms. The number of benzene rings is 1. The summed E-state index contributed by atoms with van der Waals surface area (Å²) in [6.45, 7) is 1.85. The van der Waals surface area contributed by atoms with Crippen molar-refractivity contribution in [1.29, 1.82) is 0 Å². The van der Waals surface area contributed by atoms with Gasteiger partial charge in [0.2, 0.25) is 5.16 Å². The minimum atomic E-state index is -0.909. The summed E-state index contributed by atoms with van der Waals surface area (Å²) in [6.07, 6.45) is 0. The van der Waals surface area contributed by atoms with E-state index in [9.17, 15) is 4.79 Å². The third kappa shape index (κ3) is 3.07. The van der Waals surface area contributed by atoms with Gasteiger partial charge in [-0.1, -0.05) is 23.9 Å². The van der Waals surface area contributed by atoms with Gasteiger partial charge in [-0.05, 0) is 24.6 Å². The van der Waals surface area contributed by atoms with E-state index in [4.69, 9.17) is 5.11 Å². The Kier molecular flexibility index (Phi) is 3.43. The summed E-state index contributed by atoms with van der Waals surface area (Å²) in [5.41, 5.74) is 1.34. The standard InChI is InChI=1S/C11H11N3O2S/c1-7-12-11(14-13-7)17-6-8-2-4-9(5-3-8)10(15)16/h2-5H,6H2,1H3,(H,15,16)(H,12,13,14). The summed E-state index contributed by atoms with van der Waals surface area (Å²) >= 11 is 1.51. The van der Waals surface area contributed by atoms with E-state index in [1.807, 2.05) is 6.92 Å². The van der Waals surface area contributed by atoms with Crippen LogP contribution in [-0.4, -0.2) is 26.3 Å². The number of aromatic carboxylic acids is 1. The summed E-state index contributed by atoms with van der Waals surface area (Å²) < 4.78 is 0. The van der Waals surface area contributed by atoms with Gasteiger partial charge in [0, 0.05) is 5.75 Å². The lowest BCUT2D eigenvalue weighted by Crippen LogP contribution is -1.95. The first-order chi connectivity index (χ1) is 8.15. The SMILES string of the molecule is Cc1nc(SCc2ccc(C(=O)O)cc2)n[nH]1. The first kappa shape index (κ1) is 11.7. The number of aryl methyl sites for hydroxylation is 1. The van der Waals surface area contributed by atoms with E-state index in [1.54, 1.807) is 24.3 Å². The molecule has 0 aliphatic heterocycles. The molecule has 0 aliphatic rings. The zero-order valence-corrected chi connectivity index (χ0v) is 9.99. The number of carbonyl (C=O) groups is 1. The van der Waals surface area contributed by atoms with Crippen LogP contribution in [0.2, 0.25) is 0 Å². The van der Waals surface area contributed by atoms with Crippen molar-refractivity contribution in [3.8, 4) is 0 Å². The number of nitrogens with zero attached hydrogens (tertiary/aromatic N) is 2. The van der Waals surface area contributed by atoms with Crippen LogP contribution in [0, 0.1) is 6.92 Å². The number of hydrogen-bond acceptors (Lipinski definition) is 4. The van der Waals surface area contributed by atoms with Gasteiger partial charge in [-0.15, -0.1) is 5.10 Å². The molecule has 88 valence electrons. The highest BCUT2D eigenvalue weighted by atomic mass is 32.2. The topological polar surface area (TPSA) is 78.9 Å². The predicted molar refractivity (Wildman–Crippen MR) is 64.1 cm³/mol. The predicted octanol–water partition coefficient (Wildman–Crippen LogP) is 2.10. The summed E-state index contributed by atoms with van der Waals surface area (Å²) in [7, 11) is 0. The molecule has 0 unspecified atom stereocenters. The molecule has 0 aliphatic carbocycles. The molecule has 0 atom stereocenters. The van der Waals surface area contributed by atoms with Crippen LogP contribution in [0.15, 0.2) is 29.4 Å². The molecule has 0 fully saturated rings. The van der Waals surface area contributed by atoms with Crippen molar-refractivity contribution in [3.63, 3.8) is 0 Å². The molecule has 1 heterocycles. The molecule has 0 bridgehead atoms. The number of thioether (sulfide) groups is 1. The fraction of sp³-hybridized carbons (Fsp3) is 0.182. The molecule has 0 saturated carbocycles. The number of carboxylic acid groups (broad SMARTS) is 1. The maximum atomic E-state index is 10.7. The molecule has 5 nitrogen and oxygen atoms in total. The van der Waals surface area contributed by atoms with Gasteiger partial charge in [0.25, 0.3) is 0 Å². The fourth-order valence-electron chi connectivity index (χ4n) is 1.28. The summed E-state index contributed by atoms with van der Waals surface area (Å²) in [5.74, 6) is 0.597. The normalized spacial score (nSPS) is 10.4. The summed E-state index contributed by atoms with van der Waals surface area (Å²) in [6, 6.07) is 6.80. The van der Waals surface area contributed by atoms with Crippen molar-refractivity contribution >= 4 is 17.7 Å². The van der Waals surface area contributed by atoms with Crippen molar-refractivity contribution < 1.29 is 9.90 Å². The van der Waals surface area contributed by atoms with Gasteiger partial charge in [0.1, 0.15) is 5.82 Å². The molecule has 1 aromatic heterocycles. The van der Waals surface area contributed by atoms with Gasteiger partial charge in [-0.2, -0.15) is 0 Å². The second kappa shape index (κ2) is 5.01. The monoisotopic (exact) mass is 249 g/mol. The first-order valence-electron chi connectivity index (χ1n) is 4.99. The quantitative estimate of drug-likeness (QED) is 0.811. The van der Waals surface area contributed by atoms with Gasteiger partial charge in [-0.25, -0.2) is 9.78 Å². The molecule has 0 radical (unpaired) electrons. The van der Waals surface area contributed by atoms with Crippen molar-refractivity contribution in [1.82, 2.24) is 15.2 Å². The molecule has 2 aromatic rings. The smallest absolute Gasteiger partial charge is 0.335 e. The van der Waals surface area contributed by atoms with Crippen LogP contribution in [0.25, 0.3) is 0 Å². The van der Waals surface area contributed by atoms with E-state index >= 15 is 0 Å². The van der Waals surface area contributed by atoms with Crippen LogP contribution < -0.4 is 0 Å². The Bertz CT molecular complexity index is 522. The molecule has 1 aromatic carbocycles. The average Bonchev–Trinajstić information content (AvgIpc) is 2.73. The minimum absolute atomic E-state index is 0.299. The van der Waals surface area contributed by atoms with Crippen LogP contribution in [0.5, 0.6) is 0 Å². The number of H-pyrrole nitrogens is 1. The fourth-order valence-corrected chi connectivity index (χ4v) is 2.08. The van der Waals surface area contributed by atoms with Crippen molar-refractivity contribution in [2.45, 2.75) is 17.8 Å². The maximum absolute atomic E-state index is 10.7. The Morgan fingerprint density at radius 2 is 2.12 bits per heavy atom. The van der Waals surface area contributed by atoms with Crippen molar-refractivity contribution in [2.24, 2.45) is 0 Å². The summed E-state index contributed by atoms with van der Waals surface area (Å²) in [4.78, 5) is 14.8. The Labute approximate surface area is 102 Å². The highest BCUT2D eigenvalue weighted by molar-refractivity contribution is 7.98. The van der Waals surface area contributed by atoms with E-state index in [0.29, 0.717) is 10.7 Å². The summed E-state index contributed by atoms with van der Waals surface area (Å²) in [5, 5.41) is 16.2. The van der Waals surface area contributed by atoms with Crippen LogP contribution in [-0.2, 0) is 5.75 Å². The van der Waals surface area contributed by atoms with E-state index < -0.39 is 5.97 Å². The van der Waals surface area contributed by atoms with Gasteiger partial charge >= 0.3 is 5.97 Å².